The number of methoxy groups -OCH3 is 2. The van der Waals surface area contributed by atoms with Crippen molar-refractivity contribution < 1.29 is 9.47 Å². The van der Waals surface area contributed by atoms with Gasteiger partial charge in [-0.25, -0.2) is 0 Å². The Morgan fingerprint density at radius 2 is 1.90 bits per heavy atom. The Morgan fingerprint density at radius 1 is 1.15 bits per heavy atom. The van der Waals surface area contributed by atoms with Gasteiger partial charge in [0.2, 0.25) is 0 Å². The Kier molecular flexibility index (Phi) is 5.76. The number of hydrogen-bond acceptors (Lipinski definition) is 5. The second kappa shape index (κ2) is 7.57. The molecule has 2 aromatic rings. The standard InChI is InChI=1S/C15H19NO2S2/c1-17-13-7-11(15(19-3)8-14(13)18-2)9-16-10-12-5-4-6-20-12/h4-8,16H,9-10H2,1-3H3. The Hall–Kier alpha value is -1.17. The molecule has 1 heterocycles. The molecule has 20 heavy (non-hydrogen) atoms. The summed E-state index contributed by atoms with van der Waals surface area (Å²) < 4.78 is 10.7. The molecular formula is C15H19NO2S2. The predicted octanol–water partition coefficient (Wildman–Crippen LogP) is 3.78. The summed E-state index contributed by atoms with van der Waals surface area (Å²) in [6, 6.07) is 8.30. The lowest BCUT2D eigenvalue weighted by Crippen LogP contribution is -2.12. The molecule has 1 aromatic heterocycles. The summed E-state index contributed by atoms with van der Waals surface area (Å²) in [7, 11) is 3.33. The van der Waals surface area contributed by atoms with E-state index in [1.165, 1.54) is 15.3 Å². The molecule has 0 aliphatic carbocycles. The summed E-state index contributed by atoms with van der Waals surface area (Å²) >= 11 is 3.49. The number of hydrogen-bond donors (Lipinski definition) is 1. The van der Waals surface area contributed by atoms with Crippen molar-refractivity contribution in [3.63, 3.8) is 0 Å². The van der Waals surface area contributed by atoms with Crippen molar-refractivity contribution in [1.29, 1.82) is 0 Å². The van der Waals surface area contributed by atoms with Gasteiger partial charge in [-0.05, 0) is 35.4 Å². The van der Waals surface area contributed by atoms with Crippen LogP contribution in [0.25, 0.3) is 0 Å². The van der Waals surface area contributed by atoms with Crippen molar-refractivity contribution in [2.75, 3.05) is 20.5 Å². The van der Waals surface area contributed by atoms with Crippen molar-refractivity contribution in [1.82, 2.24) is 5.32 Å². The number of ether oxygens (including phenoxy) is 2. The van der Waals surface area contributed by atoms with Crippen molar-refractivity contribution in [2.45, 2.75) is 18.0 Å². The van der Waals surface area contributed by atoms with E-state index in [4.69, 9.17) is 9.47 Å². The fourth-order valence-corrected chi connectivity index (χ4v) is 3.26. The Balaban J connectivity index is 2.09. The van der Waals surface area contributed by atoms with Crippen LogP contribution in [0.5, 0.6) is 11.5 Å². The van der Waals surface area contributed by atoms with Crippen molar-refractivity contribution in [3.8, 4) is 11.5 Å². The van der Waals surface area contributed by atoms with Crippen LogP contribution in [-0.4, -0.2) is 20.5 Å². The van der Waals surface area contributed by atoms with Gasteiger partial charge < -0.3 is 14.8 Å². The fourth-order valence-electron chi connectivity index (χ4n) is 1.96. The molecule has 0 saturated heterocycles. The minimum Gasteiger partial charge on any atom is -0.493 e. The van der Waals surface area contributed by atoms with Gasteiger partial charge in [-0.15, -0.1) is 23.1 Å². The molecule has 0 unspecified atom stereocenters. The summed E-state index contributed by atoms with van der Waals surface area (Å²) in [6.07, 6.45) is 2.07. The average Bonchev–Trinajstić information content (AvgIpc) is 2.99. The molecule has 1 aromatic carbocycles. The summed E-state index contributed by atoms with van der Waals surface area (Å²) in [5, 5.41) is 5.57. The second-order valence-electron chi connectivity index (χ2n) is 4.20. The summed E-state index contributed by atoms with van der Waals surface area (Å²) in [4.78, 5) is 2.55. The van der Waals surface area contributed by atoms with Crippen LogP contribution in [0.2, 0.25) is 0 Å². The van der Waals surface area contributed by atoms with Crippen LogP contribution in [0.4, 0.5) is 0 Å². The smallest absolute Gasteiger partial charge is 0.161 e. The third-order valence-corrected chi connectivity index (χ3v) is 4.68. The topological polar surface area (TPSA) is 30.5 Å². The number of rotatable bonds is 7. The molecule has 2 rings (SSSR count). The van der Waals surface area contributed by atoms with Gasteiger partial charge in [0.15, 0.2) is 11.5 Å². The van der Waals surface area contributed by atoms with Gasteiger partial charge in [0.1, 0.15) is 0 Å². The molecule has 0 aliphatic rings. The Bertz CT molecular complexity index is 541. The Labute approximate surface area is 128 Å². The Morgan fingerprint density at radius 3 is 2.50 bits per heavy atom. The van der Waals surface area contributed by atoms with E-state index in [2.05, 4.69) is 29.1 Å². The van der Waals surface area contributed by atoms with Gasteiger partial charge >= 0.3 is 0 Å². The maximum Gasteiger partial charge on any atom is 0.161 e. The van der Waals surface area contributed by atoms with Crippen LogP contribution in [0.3, 0.4) is 0 Å². The molecule has 0 atom stereocenters. The highest BCUT2D eigenvalue weighted by atomic mass is 32.2. The summed E-state index contributed by atoms with van der Waals surface area (Å²) in [5.41, 5.74) is 1.23. The monoisotopic (exact) mass is 309 g/mol. The third-order valence-electron chi connectivity index (χ3n) is 2.98. The molecular weight excluding hydrogens is 290 g/mol. The minimum atomic E-state index is 0.776. The van der Waals surface area contributed by atoms with E-state index < -0.39 is 0 Å². The highest BCUT2D eigenvalue weighted by molar-refractivity contribution is 7.98. The zero-order chi connectivity index (χ0) is 14.4. The highest BCUT2D eigenvalue weighted by Crippen LogP contribution is 2.34. The van der Waals surface area contributed by atoms with Gasteiger partial charge in [-0.3, -0.25) is 0 Å². The predicted molar refractivity (Wildman–Crippen MR) is 86.2 cm³/mol. The van der Waals surface area contributed by atoms with E-state index >= 15 is 0 Å². The molecule has 0 saturated carbocycles. The first-order chi connectivity index (χ1) is 9.78. The first-order valence-corrected chi connectivity index (χ1v) is 8.41. The molecule has 5 heteroatoms. The maximum absolute atomic E-state index is 5.37. The number of nitrogens with one attached hydrogen (secondary N) is 1. The van der Waals surface area contributed by atoms with E-state index in [1.54, 1.807) is 37.3 Å². The fraction of sp³-hybridized carbons (Fsp3) is 0.333. The number of thiophene rings is 1. The normalized spacial score (nSPS) is 10.6. The first-order valence-electron chi connectivity index (χ1n) is 6.30. The van der Waals surface area contributed by atoms with Gasteiger partial charge in [-0.2, -0.15) is 0 Å². The quantitative estimate of drug-likeness (QED) is 0.789. The number of thioether (sulfide) groups is 1. The van der Waals surface area contributed by atoms with Crippen LogP contribution < -0.4 is 14.8 Å². The van der Waals surface area contributed by atoms with E-state index in [-0.39, 0.29) is 0 Å². The van der Waals surface area contributed by atoms with Gasteiger partial charge in [0.05, 0.1) is 14.2 Å². The van der Waals surface area contributed by atoms with Crippen LogP contribution in [0.1, 0.15) is 10.4 Å². The molecule has 0 amide bonds. The minimum absolute atomic E-state index is 0.776. The average molecular weight is 309 g/mol. The molecule has 0 radical (unpaired) electrons. The van der Waals surface area contributed by atoms with Gasteiger partial charge in [0.25, 0.3) is 0 Å². The van der Waals surface area contributed by atoms with Gasteiger partial charge in [-0.1, -0.05) is 6.07 Å². The van der Waals surface area contributed by atoms with Crippen LogP contribution in [0, 0.1) is 0 Å². The molecule has 1 N–H and O–H groups in total. The van der Waals surface area contributed by atoms with Crippen molar-refractivity contribution in [2.24, 2.45) is 0 Å². The molecule has 108 valence electrons. The maximum atomic E-state index is 5.37. The first kappa shape index (κ1) is 15.2. The van der Waals surface area contributed by atoms with Crippen LogP contribution in [0.15, 0.2) is 34.5 Å². The van der Waals surface area contributed by atoms with Gasteiger partial charge in [0, 0.05) is 22.9 Å². The molecule has 0 spiro atoms. The van der Waals surface area contributed by atoms with Crippen molar-refractivity contribution in [3.05, 3.63) is 40.1 Å². The zero-order valence-corrected chi connectivity index (χ0v) is 13.6. The molecule has 0 aliphatic heterocycles. The lowest BCUT2D eigenvalue weighted by molar-refractivity contribution is 0.353. The molecule has 0 bridgehead atoms. The van der Waals surface area contributed by atoms with E-state index in [1.807, 2.05) is 12.1 Å². The highest BCUT2D eigenvalue weighted by Gasteiger charge is 2.10. The molecule has 3 nitrogen and oxygen atoms in total. The van der Waals surface area contributed by atoms with Crippen LogP contribution in [-0.2, 0) is 13.1 Å². The lowest BCUT2D eigenvalue weighted by Gasteiger charge is -2.14. The van der Waals surface area contributed by atoms with E-state index in [0.29, 0.717) is 0 Å². The van der Waals surface area contributed by atoms with Crippen LogP contribution >= 0.6 is 23.1 Å². The lowest BCUT2D eigenvalue weighted by atomic mass is 10.2. The third kappa shape index (κ3) is 3.69. The molecule has 0 fully saturated rings. The van der Waals surface area contributed by atoms with E-state index in [0.717, 1.165) is 24.6 Å². The summed E-state index contributed by atoms with van der Waals surface area (Å²) in [5.74, 6) is 1.55. The second-order valence-corrected chi connectivity index (χ2v) is 6.08. The number of benzene rings is 1. The largest absolute Gasteiger partial charge is 0.493 e. The summed E-state index contributed by atoms with van der Waals surface area (Å²) in [6.45, 7) is 1.70. The van der Waals surface area contributed by atoms with Crippen molar-refractivity contribution >= 4 is 23.1 Å². The zero-order valence-electron chi connectivity index (χ0n) is 11.9. The van der Waals surface area contributed by atoms with E-state index in [9.17, 15) is 0 Å². The SMILES string of the molecule is COc1cc(CNCc2cccs2)c(SC)cc1OC.